The molecule has 0 unspecified atom stereocenters. The summed E-state index contributed by atoms with van der Waals surface area (Å²) in [6.07, 6.45) is 0. The smallest absolute Gasteiger partial charge is 0.164 e. The van der Waals surface area contributed by atoms with E-state index in [1.54, 1.807) is 0 Å². The third-order valence-corrected chi connectivity index (χ3v) is 11.3. The van der Waals surface area contributed by atoms with E-state index < -0.39 is 0 Å². The second-order valence-corrected chi connectivity index (χ2v) is 14.7. The molecule has 0 radical (unpaired) electrons. The van der Waals surface area contributed by atoms with Gasteiger partial charge in [-0.05, 0) is 62.7 Å². The van der Waals surface area contributed by atoms with E-state index in [9.17, 15) is 0 Å². The fourth-order valence-corrected chi connectivity index (χ4v) is 8.57. The summed E-state index contributed by atoms with van der Waals surface area (Å²) in [5, 5.41) is 2.64. The lowest BCUT2D eigenvalue weighted by Crippen LogP contribution is -2.01. The van der Waals surface area contributed by atoms with Crippen LogP contribution in [0.2, 0.25) is 0 Å². The summed E-state index contributed by atoms with van der Waals surface area (Å²) in [5.74, 6) is 1.90. The number of hydrogen-bond acceptors (Lipinski definition) is 4. The van der Waals surface area contributed by atoms with Crippen LogP contribution in [0, 0.1) is 0 Å². The van der Waals surface area contributed by atoms with Crippen LogP contribution in [0.25, 0.3) is 98.8 Å². The number of hydrogen-bond donors (Lipinski definition) is 0. The Balaban J connectivity index is 1.03. The molecule has 0 aliphatic rings. The van der Waals surface area contributed by atoms with E-state index in [1.807, 2.05) is 29.5 Å². The molecule has 8 aromatic carbocycles. The molecular formula is C51H33N3S. The van der Waals surface area contributed by atoms with Crippen molar-refractivity contribution in [2.75, 3.05) is 0 Å². The molecule has 0 saturated heterocycles. The standard InChI is InChI=1S/C51H33N3S/c1-3-13-34(14-4-1)40-17-11-18-41(33-40)50-52-49(53-51(54-50)44-20-8-7-19-42(44)37-15-5-2-6-16-37)39-31-27-36(28-32-39)35-25-29-38(30-26-35)43-22-12-24-47-48(43)45-21-9-10-23-46(45)55-47/h1-33H. The van der Waals surface area contributed by atoms with Crippen LogP contribution in [0.3, 0.4) is 0 Å². The van der Waals surface area contributed by atoms with Gasteiger partial charge < -0.3 is 0 Å². The van der Waals surface area contributed by atoms with Gasteiger partial charge in [0.25, 0.3) is 0 Å². The van der Waals surface area contributed by atoms with E-state index in [1.165, 1.54) is 31.3 Å². The van der Waals surface area contributed by atoms with Crippen molar-refractivity contribution >= 4 is 31.5 Å². The lowest BCUT2D eigenvalue weighted by Gasteiger charge is -2.13. The molecule has 55 heavy (non-hydrogen) atoms. The maximum Gasteiger partial charge on any atom is 0.164 e. The Morgan fingerprint density at radius 3 is 1.47 bits per heavy atom. The van der Waals surface area contributed by atoms with Crippen LogP contribution in [0.1, 0.15) is 0 Å². The number of benzene rings is 8. The quantitative estimate of drug-likeness (QED) is 0.165. The molecule has 258 valence electrons. The highest BCUT2D eigenvalue weighted by atomic mass is 32.1. The van der Waals surface area contributed by atoms with Crippen LogP contribution < -0.4 is 0 Å². The van der Waals surface area contributed by atoms with Gasteiger partial charge in [-0.3, -0.25) is 0 Å². The molecule has 0 spiro atoms. The van der Waals surface area contributed by atoms with Gasteiger partial charge in [0.05, 0.1) is 0 Å². The fraction of sp³-hybridized carbons (Fsp3) is 0. The number of thiophene rings is 1. The maximum atomic E-state index is 5.13. The van der Waals surface area contributed by atoms with Gasteiger partial charge in [0, 0.05) is 36.9 Å². The summed E-state index contributed by atoms with van der Waals surface area (Å²) in [4.78, 5) is 15.4. The molecule has 10 rings (SSSR count). The molecule has 2 aromatic heterocycles. The summed E-state index contributed by atoms with van der Waals surface area (Å²) < 4.78 is 2.63. The van der Waals surface area contributed by atoms with E-state index in [2.05, 4.69) is 182 Å². The number of rotatable bonds is 7. The summed E-state index contributed by atoms with van der Waals surface area (Å²) in [6, 6.07) is 70.4. The van der Waals surface area contributed by atoms with Crippen molar-refractivity contribution in [2.24, 2.45) is 0 Å². The Morgan fingerprint density at radius 1 is 0.273 bits per heavy atom. The molecule has 0 N–H and O–H groups in total. The van der Waals surface area contributed by atoms with E-state index in [-0.39, 0.29) is 0 Å². The molecule has 0 bridgehead atoms. The second kappa shape index (κ2) is 14.1. The van der Waals surface area contributed by atoms with Crippen LogP contribution in [0.15, 0.2) is 200 Å². The Hall–Kier alpha value is -7.01. The van der Waals surface area contributed by atoms with Gasteiger partial charge >= 0.3 is 0 Å². The maximum absolute atomic E-state index is 5.13. The molecular weight excluding hydrogens is 687 g/mol. The van der Waals surface area contributed by atoms with Gasteiger partial charge in [0.2, 0.25) is 0 Å². The molecule has 0 amide bonds. The summed E-state index contributed by atoms with van der Waals surface area (Å²) in [5.41, 5.74) is 12.0. The molecule has 0 aliphatic heterocycles. The Labute approximate surface area is 323 Å². The summed E-state index contributed by atoms with van der Waals surface area (Å²) in [6.45, 7) is 0. The lowest BCUT2D eigenvalue weighted by molar-refractivity contribution is 1.07. The fourth-order valence-electron chi connectivity index (χ4n) is 7.44. The van der Waals surface area contributed by atoms with Gasteiger partial charge in [-0.1, -0.05) is 182 Å². The second-order valence-electron chi connectivity index (χ2n) is 13.6. The summed E-state index contributed by atoms with van der Waals surface area (Å²) >= 11 is 1.85. The largest absolute Gasteiger partial charge is 0.208 e. The van der Waals surface area contributed by atoms with Gasteiger partial charge in [-0.15, -0.1) is 11.3 Å². The zero-order valence-corrected chi connectivity index (χ0v) is 30.6. The van der Waals surface area contributed by atoms with Crippen molar-refractivity contribution in [3.8, 4) is 78.7 Å². The van der Waals surface area contributed by atoms with E-state index in [0.29, 0.717) is 17.5 Å². The first-order valence-corrected chi connectivity index (χ1v) is 19.3. The highest BCUT2D eigenvalue weighted by molar-refractivity contribution is 7.25. The van der Waals surface area contributed by atoms with Crippen molar-refractivity contribution in [3.05, 3.63) is 200 Å². The predicted octanol–water partition coefficient (Wildman–Crippen LogP) is 13.9. The first-order chi connectivity index (χ1) is 27.2. The minimum absolute atomic E-state index is 0.631. The van der Waals surface area contributed by atoms with Crippen molar-refractivity contribution in [2.45, 2.75) is 0 Å². The minimum atomic E-state index is 0.631. The van der Waals surface area contributed by atoms with Crippen molar-refractivity contribution in [3.63, 3.8) is 0 Å². The zero-order chi connectivity index (χ0) is 36.6. The van der Waals surface area contributed by atoms with Crippen molar-refractivity contribution in [1.82, 2.24) is 15.0 Å². The van der Waals surface area contributed by atoms with Crippen LogP contribution in [-0.2, 0) is 0 Å². The topological polar surface area (TPSA) is 38.7 Å². The molecule has 4 heteroatoms. The van der Waals surface area contributed by atoms with Crippen LogP contribution in [0.4, 0.5) is 0 Å². The van der Waals surface area contributed by atoms with E-state index in [0.717, 1.165) is 50.1 Å². The lowest BCUT2D eigenvalue weighted by atomic mass is 9.96. The third kappa shape index (κ3) is 6.29. The Morgan fingerprint density at radius 2 is 0.727 bits per heavy atom. The SMILES string of the molecule is c1ccc(-c2cccc(-c3nc(-c4ccc(-c5ccc(-c6cccc7sc8ccccc8c67)cc5)cc4)nc(-c4ccccc4-c4ccccc4)n3)c2)cc1. The van der Waals surface area contributed by atoms with Gasteiger partial charge in [0.1, 0.15) is 0 Å². The molecule has 10 aromatic rings. The minimum Gasteiger partial charge on any atom is -0.208 e. The van der Waals surface area contributed by atoms with E-state index >= 15 is 0 Å². The molecule has 2 heterocycles. The van der Waals surface area contributed by atoms with Crippen LogP contribution in [-0.4, -0.2) is 15.0 Å². The zero-order valence-electron chi connectivity index (χ0n) is 29.8. The summed E-state index contributed by atoms with van der Waals surface area (Å²) in [7, 11) is 0. The van der Waals surface area contributed by atoms with Gasteiger partial charge in [-0.25, -0.2) is 15.0 Å². The Bertz CT molecular complexity index is 2950. The van der Waals surface area contributed by atoms with Crippen LogP contribution in [0.5, 0.6) is 0 Å². The third-order valence-electron chi connectivity index (χ3n) is 10.2. The van der Waals surface area contributed by atoms with Gasteiger partial charge in [0.15, 0.2) is 17.5 Å². The Kier molecular flexibility index (Phi) is 8.36. The molecule has 0 aliphatic carbocycles. The first-order valence-electron chi connectivity index (χ1n) is 18.4. The number of fused-ring (bicyclic) bond motifs is 3. The highest BCUT2D eigenvalue weighted by Crippen LogP contribution is 2.40. The first kappa shape index (κ1) is 32.6. The highest BCUT2D eigenvalue weighted by Gasteiger charge is 2.17. The molecule has 0 saturated carbocycles. The average molecular weight is 720 g/mol. The predicted molar refractivity (Wildman–Crippen MR) is 231 cm³/mol. The number of aromatic nitrogens is 3. The molecule has 0 atom stereocenters. The van der Waals surface area contributed by atoms with Crippen LogP contribution >= 0.6 is 11.3 Å². The van der Waals surface area contributed by atoms with E-state index in [4.69, 9.17) is 15.0 Å². The average Bonchev–Trinajstić information content (AvgIpc) is 3.66. The van der Waals surface area contributed by atoms with Crippen molar-refractivity contribution < 1.29 is 0 Å². The normalized spacial score (nSPS) is 11.3. The monoisotopic (exact) mass is 719 g/mol. The molecule has 0 fully saturated rings. The van der Waals surface area contributed by atoms with Gasteiger partial charge in [-0.2, -0.15) is 0 Å². The van der Waals surface area contributed by atoms with Crippen molar-refractivity contribution in [1.29, 1.82) is 0 Å². The molecule has 3 nitrogen and oxygen atoms in total. The number of nitrogens with zero attached hydrogens (tertiary/aromatic N) is 3.